The minimum Gasteiger partial charge on any atom is -0.475 e. The Morgan fingerprint density at radius 2 is 2.33 bits per heavy atom. The van der Waals surface area contributed by atoms with E-state index in [4.69, 9.17) is 9.52 Å². The molecule has 0 unspecified atom stereocenters. The van der Waals surface area contributed by atoms with Gasteiger partial charge in [0.1, 0.15) is 12.2 Å². The molecule has 0 spiro atoms. The monoisotopic (exact) mass is 267 g/mol. The van der Waals surface area contributed by atoms with Crippen molar-refractivity contribution < 1.29 is 14.3 Å². The Bertz CT molecular complexity index is 547. The second-order valence-electron chi connectivity index (χ2n) is 3.93. The number of rotatable bonds is 5. The summed E-state index contributed by atoms with van der Waals surface area (Å²) in [5, 5.41) is 13.4. The molecule has 0 bridgehead atoms. The highest BCUT2D eigenvalue weighted by molar-refractivity contribution is 7.98. The summed E-state index contributed by atoms with van der Waals surface area (Å²) in [7, 11) is 0. The van der Waals surface area contributed by atoms with Gasteiger partial charge in [-0.05, 0) is 26.0 Å². The molecule has 0 amide bonds. The molecule has 7 heteroatoms. The highest BCUT2D eigenvalue weighted by Gasteiger charge is 2.12. The molecule has 0 aliphatic carbocycles. The van der Waals surface area contributed by atoms with Gasteiger partial charge >= 0.3 is 5.97 Å². The Morgan fingerprint density at radius 3 is 2.94 bits per heavy atom. The van der Waals surface area contributed by atoms with Crippen molar-refractivity contribution in [3.8, 4) is 0 Å². The highest BCUT2D eigenvalue weighted by Crippen LogP contribution is 2.24. The van der Waals surface area contributed by atoms with E-state index in [2.05, 4.69) is 10.1 Å². The fourth-order valence-corrected chi connectivity index (χ4v) is 2.25. The van der Waals surface area contributed by atoms with Crippen LogP contribution in [0.2, 0.25) is 0 Å². The van der Waals surface area contributed by atoms with Crippen LogP contribution in [0.15, 0.2) is 28.0 Å². The SMILES string of the molecule is CC(C)n1ncnc1CSc1ccc(C(=O)O)o1. The van der Waals surface area contributed by atoms with Gasteiger partial charge in [-0.3, -0.25) is 0 Å². The molecule has 0 radical (unpaired) electrons. The average molecular weight is 267 g/mol. The third-order valence-electron chi connectivity index (χ3n) is 2.27. The number of carboxylic acids is 1. The van der Waals surface area contributed by atoms with E-state index in [0.29, 0.717) is 10.8 Å². The maximum atomic E-state index is 10.7. The lowest BCUT2D eigenvalue weighted by Crippen LogP contribution is -2.07. The van der Waals surface area contributed by atoms with E-state index in [-0.39, 0.29) is 11.8 Å². The number of furan rings is 1. The first-order valence-electron chi connectivity index (χ1n) is 5.42. The van der Waals surface area contributed by atoms with Gasteiger partial charge in [0, 0.05) is 6.04 Å². The van der Waals surface area contributed by atoms with Gasteiger partial charge in [0.15, 0.2) is 5.09 Å². The zero-order chi connectivity index (χ0) is 13.1. The van der Waals surface area contributed by atoms with E-state index in [1.807, 2.05) is 18.5 Å². The van der Waals surface area contributed by atoms with Crippen molar-refractivity contribution in [2.75, 3.05) is 0 Å². The highest BCUT2D eigenvalue weighted by atomic mass is 32.2. The molecule has 6 nitrogen and oxygen atoms in total. The molecular formula is C11H13N3O3S. The van der Waals surface area contributed by atoms with Crippen LogP contribution in [0, 0.1) is 0 Å². The zero-order valence-electron chi connectivity index (χ0n) is 10.0. The molecule has 0 aliphatic heterocycles. The summed E-state index contributed by atoms with van der Waals surface area (Å²) >= 11 is 1.39. The molecule has 1 N–H and O–H groups in total. The number of hydrogen-bond acceptors (Lipinski definition) is 5. The van der Waals surface area contributed by atoms with Crippen LogP contribution < -0.4 is 0 Å². The number of aromatic carboxylic acids is 1. The summed E-state index contributed by atoms with van der Waals surface area (Å²) in [6.07, 6.45) is 1.51. The lowest BCUT2D eigenvalue weighted by molar-refractivity contribution is 0.0656. The average Bonchev–Trinajstić information content (AvgIpc) is 2.95. The van der Waals surface area contributed by atoms with Crippen molar-refractivity contribution >= 4 is 17.7 Å². The topological polar surface area (TPSA) is 81.2 Å². The molecule has 18 heavy (non-hydrogen) atoms. The van der Waals surface area contributed by atoms with Gasteiger partial charge in [0.2, 0.25) is 5.76 Å². The van der Waals surface area contributed by atoms with Gasteiger partial charge in [-0.25, -0.2) is 14.5 Å². The number of carboxylic acid groups (broad SMARTS) is 1. The minimum absolute atomic E-state index is 0.0529. The van der Waals surface area contributed by atoms with Crippen molar-refractivity contribution in [2.24, 2.45) is 0 Å². The molecule has 2 heterocycles. The Balaban J connectivity index is 2.02. The number of aromatic nitrogens is 3. The van der Waals surface area contributed by atoms with Gasteiger partial charge in [-0.15, -0.1) is 0 Å². The quantitative estimate of drug-likeness (QED) is 0.838. The molecule has 96 valence electrons. The van der Waals surface area contributed by atoms with Gasteiger partial charge in [-0.1, -0.05) is 11.8 Å². The Morgan fingerprint density at radius 1 is 1.56 bits per heavy atom. The van der Waals surface area contributed by atoms with E-state index in [0.717, 1.165) is 5.82 Å². The fourth-order valence-electron chi connectivity index (χ4n) is 1.46. The molecule has 0 saturated carbocycles. The molecule has 0 atom stereocenters. The summed E-state index contributed by atoms with van der Waals surface area (Å²) in [5.74, 6) is 0.309. The van der Waals surface area contributed by atoms with E-state index in [1.54, 1.807) is 6.07 Å². The summed E-state index contributed by atoms with van der Waals surface area (Å²) in [4.78, 5) is 14.8. The standard InChI is InChI=1S/C11H13N3O3S/c1-7(2)14-9(12-6-13-14)5-18-10-4-3-8(17-10)11(15)16/h3-4,6-7H,5H2,1-2H3,(H,15,16). The third-order valence-corrected chi connectivity index (χ3v) is 3.18. The van der Waals surface area contributed by atoms with Crippen LogP contribution >= 0.6 is 11.8 Å². The predicted octanol–water partition coefficient (Wildman–Crippen LogP) is 2.44. The molecule has 0 saturated heterocycles. The van der Waals surface area contributed by atoms with Crippen LogP contribution in [0.25, 0.3) is 0 Å². The molecule has 0 aromatic carbocycles. The Kier molecular flexibility index (Phi) is 3.71. The van der Waals surface area contributed by atoms with Crippen LogP contribution in [0.1, 0.15) is 36.3 Å². The second-order valence-corrected chi connectivity index (χ2v) is 4.91. The zero-order valence-corrected chi connectivity index (χ0v) is 10.8. The van der Waals surface area contributed by atoms with Crippen molar-refractivity contribution in [1.29, 1.82) is 0 Å². The third kappa shape index (κ3) is 2.73. The van der Waals surface area contributed by atoms with E-state index in [1.165, 1.54) is 24.2 Å². The molecule has 0 aliphatic rings. The van der Waals surface area contributed by atoms with Crippen LogP contribution in [-0.4, -0.2) is 25.8 Å². The Labute approximate surface area is 108 Å². The lowest BCUT2D eigenvalue weighted by atomic mass is 10.4. The number of nitrogens with zero attached hydrogens (tertiary/aromatic N) is 3. The number of hydrogen-bond donors (Lipinski definition) is 1. The Hall–Kier alpha value is -1.76. The fraction of sp³-hybridized carbons (Fsp3) is 0.364. The summed E-state index contributed by atoms with van der Waals surface area (Å²) in [6, 6.07) is 3.33. The smallest absolute Gasteiger partial charge is 0.371 e. The molecule has 2 aromatic heterocycles. The number of thioether (sulfide) groups is 1. The van der Waals surface area contributed by atoms with Crippen LogP contribution in [-0.2, 0) is 5.75 Å². The lowest BCUT2D eigenvalue weighted by Gasteiger charge is -2.07. The summed E-state index contributed by atoms with van der Waals surface area (Å²) in [5.41, 5.74) is 0. The van der Waals surface area contributed by atoms with Crippen LogP contribution in [0.4, 0.5) is 0 Å². The maximum absolute atomic E-state index is 10.7. The molecular weight excluding hydrogens is 254 g/mol. The summed E-state index contributed by atoms with van der Waals surface area (Å²) < 4.78 is 6.98. The molecule has 0 fully saturated rings. The van der Waals surface area contributed by atoms with Crippen molar-refractivity contribution in [1.82, 2.24) is 14.8 Å². The van der Waals surface area contributed by atoms with Crippen LogP contribution in [0.3, 0.4) is 0 Å². The minimum atomic E-state index is -1.06. The largest absolute Gasteiger partial charge is 0.475 e. The summed E-state index contributed by atoms with van der Waals surface area (Å²) in [6.45, 7) is 4.05. The second kappa shape index (κ2) is 5.26. The van der Waals surface area contributed by atoms with Gasteiger partial charge in [0.25, 0.3) is 0 Å². The molecule has 2 rings (SSSR count). The predicted molar refractivity (Wildman–Crippen MR) is 65.6 cm³/mol. The first-order valence-corrected chi connectivity index (χ1v) is 6.41. The maximum Gasteiger partial charge on any atom is 0.371 e. The van der Waals surface area contributed by atoms with Crippen molar-refractivity contribution in [2.45, 2.75) is 30.7 Å². The van der Waals surface area contributed by atoms with Crippen molar-refractivity contribution in [3.63, 3.8) is 0 Å². The van der Waals surface area contributed by atoms with Crippen LogP contribution in [0.5, 0.6) is 0 Å². The van der Waals surface area contributed by atoms with Gasteiger partial charge in [-0.2, -0.15) is 5.10 Å². The first kappa shape index (κ1) is 12.7. The van der Waals surface area contributed by atoms with E-state index in [9.17, 15) is 4.79 Å². The van der Waals surface area contributed by atoms with E-state index >= 15 is 0 Å². The molecule has 2 aromatic rings. The van der Waals surface area contributed by atoms with Gasteiger partial charge in [0.05, 0.1) is 5.75 Å². The normalized spacial score (nSPS) is 11.1. The van der Waals surface area contributed by atoms with E-state index < -0.39 is 5.97 Å². The first-order chi connectivity index (χ1) is 8.58. The number of carbonyl (C=O) groups is 1. The van der Waals surface area contributed by atoms with Gasteiger partial charge < -0.3 is 9.52 Å². The van der Waals surface area contributed by atoms with Crippen molar-refractivity contribution in [3.05, 3.63) is 30.0 Å².